The maximum atomic E-state index is 12.8. The number of rotatable bonds is 36. The average Bonchev–Trinajstić information content (AvgIpc) is 1.61. The molecule has 11 rings (SSSR count). The Kier molecular flexibility index (Phi) is 40.7. The zero-order chi connectivity index (χ0) is 99.0. The van der Waals surface area contributed by atoms with Crippen LogP contribution in [0.15, 0.2) is 30.1 Å². The minimum absolute atomic E-state index is 0.0160. The van der Waals surface area contributed by atoms with E-state index < -0.39 is 243 Å². The molecule has 748 valence electrons. The number of amides is 6. The molecule has 56 heteroatoms. The number of aromatic amines is 4. The van der Waals surface area contributed by atoms with Gasteiger partial charge in [0.15, 0.2) is 83.6 Å². The third-order valence-corrected chi connectivity index (χ3v) is 21.5. The fraction of sp³-hybridized carbons (Fsp3) is 0.692. The number of carboxylic acids is 4. The molecule has 0 spiro atoms. The number of hydrogen-bond acceptors (Lipinski definition) is 41. The van der Waals surface area contributed by atoms with Crippen molar-refractivity contribution in [1.29, 1.82) is 0 Å². The molecule has 6 amide bonds. The first kappa shape index (κ1) is 108. The summed E-state index contributed by atoms with van der Waals surface area (Å²) in [6.45, 7) is 17.1. The van der Waals surface area contributed by atoms with Gasteiger partial charge in [0, 0.05) is 51.4 Å². The van der Waals surface area contributed by atoms with Crippen LogP contribution in [0.1, 0.15) is 159 Å². The van der Waals surface area contributed by atoms with Gasteiger partial charge >= 0.3 is 65.6 Å². The van der Waals surface area contributed by atoms with Crippen LogP contribution in [0, 0.1) is 0 Å². The van der Waals surface area contributed by atoms with Gasteiger partial charge in [-0.25, -0.2) is 63.5 Å². The molecule has 9 unspecified atom stereocenters. The van der Waals surface area contributed by atoms with Gasteiger partial charge in [-0.05, 0) is 102 Å². The van der Waals surface area contributed by atoms with Crippen molar-refractivity contribution < 1.29 is 181 Å². The van der Waals surface area contributed by atoms with Crippen LogP contribution in [0.2, 0.25) is 0 Å². The van der Waals surface area contributed by atoms with E-state index in [1.165, 1.54) is 44.3 Å². The first-order chi connectivity index (χ1) is 63.1. The van der Waals surface area contributed by atoms with Crippen LogP contribution in [0.4, 0.5) is 31.8 Å². The minimum atomic E-state index is -1.66. The summed E-state index contributed by atoms with van der Waals surface area (Å²) >= 11 is 0. The SMILES string of the molecule is CC1O[C@H](O[C@H](C)CCC(=O)O)C(O)C[C@@H]1O.CC1O[C@H](O[C@H](C)CCC(=O)O[C@H](C)[C@H](NC(=O)Nc2[nH]c(=O)nc3nc[nH]c23)C(=O)O)C(O)C[C@@H]1O.CC1O[C@H](O[C@H](C)CCC(=O)O[C@H](C)[C@H](NC(=O)Nc2ncnc3[nH][nH]c23)C(=O)O)C(O)C[C@@H]1O.CC1O[C@H](O[C@H](C)CCC(=O)O[C@H](C)[C@H](NC(=O)Nc2ncnc3c2ncn3[C@@H]2OC[C@@H](O)[C@H](O)C2O)C(=O)O)C(O)C[C@@H]1O. The molecule has 5 saturated heterocycles. The molecule has 25 N–H and O–H groups in total. The molecule has 0 radical (unpaired) electrons. The number of fused-ring (bicyclic) bond motifs is 3. The highest BCUT2D eigenvalue weighted by Gasteiger charge is 2.44. The Labute approximate surface area is 760 Å². The van der Waals surface area contributed by atoms with Gasteiger partial charge in [-0.3, -0.25) is 54.9 Å². The van der Waals surface area contributed by atoms with E-state index in [9.17, 15) is 124 Å². The number of esters is 3. The molecule has 5 aliphatic rings. The first-order valence-corrected chi connectivity index (χ1v) is 42.7. The summed E-state index contributed by atoms with van der Waals surface area (Å²) in [6.07, 6.45) is -18.0. The van der Waals surface area contributed by atoms with Crippen molar-refractivity contribution in [2.24, 2.45) is 0 Å². The maximum absolute atomic E-state index is 12.8. The van der Waals surface area contributed by atoms with E-state index in [2.05, 4.69) is 87.0 Å². The molecule has 6 aromatic rings. The Hall–Kier alpha value is -11.1. The standard InChI is InChI=1S/C26H38N6O13.C21H30N6O10.C20H30N6O9.C11H20O6/c1-10(43-25-14(34)6-13(33)11(2)45-25)4-5-16(36)44-12(3)17(24(39)40)30-26(41)31-21-18-22(28-8-27-21)32(9-29-18)23-20(38)19(37)15(35)7-42-23;1-8(35-19-12(29)6-11(28)9(2)37-19)4-5-13(30)36-10(3)14(18(31)32)24-20(33)26-17-15-16(23-7-22-15)25-21(34)27-17;1-8(33-19-12(28)6-11(27)9(2)35-19)4-5-13(29)34-10(3)14(18(30)31)23-20(32)24-16-15-17(26-25-15)22-7-21-16;1-6(3-4-10(14)15)16-11-9(13)5-8(12)7(2)17-11/h8-15,17,19-20,23,25,33-35,37-38H,4-7H2,1-3H3,(H,39,40)(H2,27,28,30,31,41);7-12,14,19,28-29H,4-6H2,1-3H3,(H,31,32)(H4,22,23,24,25,26,27,33,34);7-12,14,19,25,27-28H,4-6H2,1-3H3,(H,30,31)(H3,21,22,23,24,26,32);6-9,11-13H,3-5H2,1-2H3,(H,14,15)/t10-,11?,12-,13+,14?,15-,17+,19+,20?,23-,25+;2*8-,9?,10-,11+,12?,14+,19+;6-,7?,8+,9?,11+/m1111/s1. The second-order valence-corrected chi connectivity index (χ2v) is 32.5. The topological polar surface area (TPSA) is 832 Å². The van der Waals surface area contributed by atoms with Crippen molar-refractivity contribution >= 4 is 111 Å². The highest BCUT2D eigenvalue weighted by molar-refractivity contribution is 5.99. The third-order valence-electron chi connectivity index (χ3n) is 21.5. The Morgan fingerprint density at radius 2 is 0.836 bits per heavy atom. The van der Waals surface area contributed by atoms with Gasteiger partial charge in [-0.15, -0.1) is 0 Å². The van der Waals surface area contributed by atoms with Gasteiger partial charge in [-0.1, -0.05) is 0 Å². The zero-order valence-corrected chi connectivity index (χ0v) is 74.5. The quantitative estimate of drug-likeness (QED) is 0.0139. The molecular formula is C78H118N18O38. The second kappa shape index (κ2) is 50.5. The van der Waals surface area contributed by atoms with E-state index in [4.69, 9.17) is 61.9 Å². The van der Waals surface area contributed by atoms with Crippen molar-refractivity contribution in [3.8, 4) is 0 Å². The number of nitrogens with one attached hydrogen (secondary N) is 10. The largest absolute Gasteiger partial charge is 0.481 e. The summed E-state index contributed by atoms with van der Waals surface area (Å²) < 4.78 is 66.3. The summed E-state index contributed by atoms with van der Waals surface area (Å²) in [6, 6.07) is -7.65. The van der Waals surface area contributed by atoms with Gasteiger partial charge in [-0.2, -0.15) is 4.98 Å². The molecule has 30 atom stereocenters. The van der Waals surface area contributed by atoms with E-state index in [1.807, 2.05) is 0 Å². The highest BCUT2D eigenvalue weighted by Crippen LogP contribution is 2.32. The summed E-state index contributed by atoms with van der Waals surface area (Å²) in [5, 5.41) is 165. The maximum Gasteiger partial charge on any atom is 0.348 e. The number of urea groups is 3. The Morgan fingerprint density at radius 3 is 1.22 bits per heavy atom. The second-order valence-electron chi connectivity index (χ2n) is 32.5. The Balaban J connectivity index is 0.000000229. The van der Waals surface area contributed by atoms with Crippen molar-refractivity contribution in [3.05, 3.63) is 35.8 Å². The number of ether oxygens (including phenoxy) is 12. The molecule has 56 nitrogen and oxygen atoms in total. The van der Waals surface area contributed by atoms with Gasteiger partial charge in [0.1, 0.15) is 90.5 Å². The van der Waals surface area contributed by atoms with Gasteiger partial charge in [0.05, 0.1) is 92.5 Å². The first-order valence-electron chi connectivity index (χ1n) is 42.7. The Morgan fingerprint density at radius 1 is 0.455 bits per heavy atom. The van der Waals surface area contributed by atoms with E-state index in [0.717, 1.165) is 6.33 Å². The van der Waals surface area contributed by atoms with Gasteiger partial charge in [0.25, 0.3) is 0 Å². The van der Waals surface area contributed by atoms with Crippen LogP contribution in [0.5, 0.6) is 0 Å². The summed E-state index contributed by atoms with van der Waals surface area (Å²) in [5.74, 6) is -7.46. The fourth-order valence-electron chi connectivity index (χ4n) is 13.6. The molecule has 0 saturated carbocycles. The molecule has 0 aromatic carbocycles. The number of aliphatic hydroxyl groups is 11. The molecular weight excluding hydrogens is 1800 g/mol. The normalized spacial score (nSPS) is 28.0. The smallest absolute Gasteiger partial charge is 0.348 e. The predicted octanol–water partition coefficient (Wildman–Crippen LogP) is -2.87. The average molecular weight is 1920 g/mol. The lowest BCUT2D eigenvalue weighted by Gasteiger charge is -2.36. The lowest BCUT2D eigenvalue weighted by atomic mass is 10.0. The number of hydrogen-bond donors (Lipinski definition) is 25. The van der Waals surface area contributed by atoms with E-state index in [-0.39, 0.29) is 123 Å². The van der Waals surface area contributed by atoms with E-state index in [0.29, 0.717) is 17.6 Å². The highest BCUT2D eigenvalue weighted by atomic mass is 16.7. The van der Waals surface area contributed by atoms with Crippen molar-refractivity contribution in [1.82, 2.24) is 75.6 Å². The fourth-order valence-corrected chi connectivity index (χ4v) is 13.6. The number of H-pyrrole nitrogens is 4. The molecule has 0 bridgehead atoms. The van der Waals surface area contributed by atoms with Gasteiger partial charge in [0.2, 0.25) is 0 Å². The number of aliphatic carboxylic acids is 4. The van der Waals surface area contributed by atoms with Gasteiger partial charge < -0.3 is 154 Å². The zero-order valence-electron chi connectivity index (χ0n) is 74.5. The van der Waals surface area contributed by atoms with Crippen molar-refractivity contribution in [3.63, 3.8) is 0 Å². The summed E-state index contributed by atoms with van der Waals surface area (Å²) in [7, 11) is 0. The van der Waals surface area contributed by atoms with E-state index in [1.54, 1.807) is 55.4 Å². The number of imidazole rings is 2. The molecule has 5 aliphatic heterocycles. The lowest BCUT2D eigenvalue weighted by Crippen LogP contribution is -2.50. The summed E-state index contributed by atoms with van der Waals surface area (Å²) in [5.41, 5.74) is 0.551. The van der Waals surface area contributed by atoms with Crippen LogP contribution < -0.4 is 37.6 Å². The Bertz CT molecular complexity index is 4910. The van der Waals surface area contributed by atoms with Crippen LogP contribution in [0.25, 0.3) is 33.5 Å². The number of nitrogens with zero attached hydrogens (tertiary/aromatic N) is 8. The number of aliphatic hydroxyl groups excluding tert-OH is 11. The molecule has 134 heavy (non-hydrogen) atoms. The molecule has 5 fully saturated rings. The number of carboxylic acid groups (broad SMARTS) is 4. The van der Waals surface area contributed by atoms with Crippen molar-refractivity contribution in [2.45, 2.75) is 337 Å². The van der Waals surface area contributed by atoms with Crippen LogP contribution in [-0.2, 0) is 90.4 Å². The number of carbonyl (C=O) groups is 10. The van der Waals surface area contributed by atoms with Crippen LogP contribution in [-0.4, -0.2) is 380 Å². The lowest BCUT2D eigenvalue weighted by molar-refractivity contribution is -0.273. The van der Waals surface area contributed by atoms with E-state index >= 15 is 0 Å². The summed E-state index contributed by atoms with van der Waals surface area (Å²) in [4.78, 5) is 164. The van der Waals surface area contributed by atoms with Crippen LogP contribution >= 0.6 is 0 Å². The molecule has 0 aliphatic carbocycles. The number of anilines is 3. The molecule has 11 heterocycles. The predicted molar refractivity (Wildman–Crippen MR) is 449 cm³/mol. The number of aromatic nitrogens is 12. The van der Waals surface area contributed by atoms with Crippen LogP contribution in [0.3, 0.4) is 0 Å². The number of carbonyl (C=O) groups excluding carboxylic acids is 6. The third kappa shape index (κ3) is 31.8. The monoisotopic (exact) mass is 1910 g/mol. The minimum Gasteiger partial charge on any atom is -0.481 e. The van der Waals surface area contributed by atoms with Crippen molar-refractivity contribution in [2.75, 3.05) is 22.6 Å². The molecule has 6 aromatic heterocycles.